The van der Waals surface area contributed by atoms with Crippen molar-refractivity contribution in [2.24, 2.45) is 5.92 Å². The summed E-state index contributed by atoms with van der Waals surface area (Å²) in [5.74, 6) is 1.40. The fourth-order valence-electron chi connectivity index (χ4n) is 2.00. The molecule has 2 atom stereocenters. The summed E-state index contributed by atoms with van der Waals surface area (Å²) in [6.07, 6.45) is 1.86. The van der Waals surface area contributed by atoms with Gasteiger partial charge in [0.15, 0.2) is 0 Å². The normalized spacial score (nSPS) is 21.6. The van der Waals surface area contributed by atoms with Crippen molar-refractivity contribution < 1.29 is 4.52 Å². The molecule has 1 heterocycles. The number of hydrogen-bond acceptors (Lipinski definition) is 4. The van der Waals surface area contributed by atoms with Gasteiger partial charge in [-0.15, -0.1) is 0 Å². The summed E-state index contributed by atoms with van der Waals surface area (Å²) in [5, 5.41) is 12.8. The third-order valence-corrected chi connectivity index (χ3v) is 3.34. The Morgan fingerprint density at radius 1 is 1.39 bits per heavy atom. The van der Waals surface area contributed by atoms with E-state index in [0.717, 1.165) is 18.4 Å². The fourth-order valence-corrected chi connectivity index (χ4v) is 2.00. The monoisotopic (exact) mass is 239 g/mol. The molecule has 1 aliphatic carbocycles. The van der Waals surface area contributed by atoms with Gasteiger partial charge in [0.2, 0.25) is 11.7 Å². The first-order valence-corrected chi connectivity index (χ1v) is 6.14. The van der Waals surface area contributed by atoms with E-state index in [1.807, 2.05) is 12.1 Å². The third kappa shape index (κ3) is 1.88. The van der Waals surface area contributed by atoms with Gasteiger partial charge in [-0.2, -0.15) is 10.2 Å². The van der Waals surface area contributed by atoms with E-state index in [1.165, 1.54) is 5.56 Å². The first-order valence-electron chi connectivity index (χ1n) is 6.14. The highest BCUT2D eigenvalue weighted by Crippen LogP contribution is 2.46. The highest BCUT2D eigenvalue weighted by atomic mass is 16.5. The van der Waals surface area contributed by atoms with Crippen LogP contribution in [0.25, 0.3) is 11.4 Å². The summed E-state index contributed by atoms with van der Waals surface area (Å²) in [6, 6.07) is 10.4. The molecular weight excluding hydrogens is 226 g/mol. The van der Waals surface area contributed by atoms with Crippen LogP contribution >= 0.6 is 0 Å². The van der Waals surface area contributed by atoms with E-state index < -0.39 is 0 Å². The fraction of sp³-hybridized carbons (Fsp3) is 0.357. The van der Waals surface area contributed by atoms with Crippen LogP contribution in [0.15, 0.2) is 28.8 Å². The van der Waals surface area contributed by atoms with E-state index in [4.69, 9.17) is 9.78 Å². The lowest BCUT2D eigenvalue weighted by atomic mass is 10.1. The number of aromatic nitrogens is 2. The zero-order valence-corrected chi connectivity index (χ0v) is 10.1. The minimum Gasteiger partial charge on any atom is -0.339 e. The number of nitrogens with zero attached hydrogens (tertiary/aromatic N) is 3. The molecule has 0 bridgehead atoms. The second-order valence-electron chi connectivity index (χ2n) is 4.58. The molecule has 3 rings (SSSR count). The molecule has 1 aliphatic rings. The van der Waals surface area contributed by atoms with Crippen LogP contribution in [0.3, 0.4) is 0 Å². The molecule has 0 spiro atoms. The summed E-state index contributed by atoms with van der Waals surface area (Å²) < 4.78 is 5.22. The van der Waals surface area contributed by atoms with Crippen LogP contribution in [-0.2, 0) is 6.42 Å². The molecule has 1 saturated carbocycles. The number of rotatable bonds is 3. The summed E-state index contributed by atoms with van der Waals surface area (Å²) in [7, 11) is 0. The molecule has 0 aliphatic heterocycles. The predicted molar refractivity (Wildman–Crippen MR) is 65.6 cm³/mol. The van der Waals surface area contributed by atoms with E-state index in [1.54, 1.807) is 0 Å². The van der Waals surface area contributed by atoms with Crippen molar-refractivity contribution in [3.8, 4) is 17.5 Å². The molecule has 0 saturated heterocycles. The van der Waals surface area contributed by atoms with Gasteiger partial charge in [0.1, 0.15) is 0 Å². The SMILES string of the molecule is CCc1ccc(-c2noc(C3CC3C#N)n2)cc1. The van der Waals surface area contributed by atoms with Gasteiger partial charge in [-0.1, -0.05) is 36.3 Å². The molecule has 4 nitrogen and oxygen atoms in total. The van der Waals surface area contributed by atoms with Crippen molar-refractivity contribution in [3.05, 3.63) is 35.7 Å². The average Bonchev–Trinajstić information content (AvgIpc) is 3.06. The van der Waals surface area contributed by atoms with Gasteiger partial charge in [-0.25, -0.2) is 0 Å². The third-order valence-electron chi connectivity index (χ3n) is 3.34. The van der Waals surface area contributed by atoms with Crippen LogP contribution < -0.4 is 0 Å². The minimum absolute atomic E-state index is 0.0563. The van der Waals surface area contributed by atoms with Crippen LogP contribution in [0.1, 0.15) is 30.7 Å². The van der Waals surface area contributed by atoms with Crippen LogP contribution in [0, 0.1) is 17.2 Å². The Labute approximate surface area is 105 Å². The largest absolute Gasteiger partial charge is 0.339 e. The average molecular weight is 239 g/mol. The minimum atomic E-state index is 0.0563. The van der Waals surface area contributed by atoms with Crippen molar-refractivity contribution in [3.63, 3.8) is 0 Å². The maximum Gasteiger partial charge on any atom is 0.231 e. The lowest BCUT2D eigenvalue weighted by Gasteiger charge is -1.97. The van der Waals surface area contributed by atoms with Crippen molar-refractivity contribution in [2.45, 2.75) is 25.7 Å². The number of aryl methyl sites for hydroxylation is 1. The number of nitriles is 1. The van der Waals surface area contributed by atoms with Gasteiger partial charge in [0.25, 0.3) is 0 Å². The molecule has 1 aromatic carbocycles. The van der Waals surface area contributed by atoms with Crippen molar-refractivity contribution >= 4 is 0 Å². The summed E-state index contributed by atoms with van der Waals surface area (Å²) >= 11 is 0. The van der Waals surface area contributed by atoms with Crippen LogP contribution in [0.4, 0.5) is 0 Å². The number of hydrogen-bond donors (Lipinski definition) is 0. The van der Waals surface area contributed by atoms with E-state index in [9.17, 15) is 0 Å². The molecule has 0 N–H and O–H groups in total. The molecule has 0 radical (unpaired) electrons. The summed E-state index contributed by atoms with van der Waals surface area (Å²) in [4.78, 5) is 4.37. The molecular formula is C14H13N3O. The maximum absolute atomic E-state index is 8.78. The first-order chi connectivity index (χ1) is 8.81. The van der Waals surface area contributed by atoms with Crippen LogP contribution in [-0.4, -0.2) is 10.1 Å². The van der Waals surface area contributed by atoms with E-state index >= 15 is 0 Å². The predicted octanol–water partition coefficient (Wildman–Crippen LogP) is 2.93. The molecule has 1 fully saturated rings. The molecule has 18 heavy (non-hydrogen) atoms. The molecule has 1 aromatic heterocycles. The first kappa shape index (κ1) is 11.0. The molecule has 90 valence electrons. The Morgan fingerprint density at radius 3 is 2.78 bits per heavy atom. The molecule has 2 unspecified atom stereocenters. The van der Waals surface area contributed by atoms with Gasteiger partial charge < -0.3 is 4.52 Å². The number of benzene rings is 1. The van der Waals surface area contributed by atoms with Crippen molar-refractivity contribution in [1.82, 2.24) is 10.1 Å². The lowest BCUT2D eigenvalue weighted by molar-refractivity contribution is 0.378. The Bertz CT molecular complexity index is 594. The van der Waals surface area contributed by atoms with Gasteiger partial charge in [-0.3, -0.25) is 0 Å². The van der Waals surface area contributed by atoms with E-state index in [-0.39, 0.29) is 11.8 Å². The van der Waals surface area contributed by atoms with Crippen molar-refractivity contribution in [1.29, 1.82) is 5.26 Å². The highest BCUT2D eigenvalue weighted by molar-refractivity contribution is 5.54. The standard InChI is InChI=1S/C14H13N3O/c1-2-9-3-5-10(6-4-9)13-16-14(18-17-13)12-7-11(12)8-15/h3-6,11-12H,2,7H2,1H3. The quantitative estimate of drug-likeness (QED) is 0.826. The lowest BCUT2D eigenvalue weighted by Crippen LogP contribution is -1.85. The zero-order chi connectivity index (χ0) is 12.5. The molecule has 2 aromatic rings. The Morgan fingerprint density at radius 2 is 2.17 bits per heavy atom. The van der Waals surface area contributed by atoms with Crippen LogP contribution in [0.2, 0.25) is 0 Å². The maximum atomic E-state index is 8.78. The van der Waals surface area contributed by atoms with Gasteiger partial charge in [0.05, 0.1) is 17.9 Å². The van der Waals surface area contributed by atoms with E-state index in [2.05, 4.69) is 35.3 Å². The second-order valence-corrected chi connectivity index (χ2v) is 4.58. The Kier molecular flexibility index (Phi) is 2.60. The molecule has 0 amide bonds. The van der Waals surface area contributed by atoms with Gasteiger partial charge in [-0.05, 0) is 18.4 Å². The smallest absolute Gasteiger partial charge is 0.231 e. The second kappa shape index (κ2) is 4.26. The topological polar surface area (TPSA) is 62.7 Å². The van der Waals surface area contributed by atoms with E-state index in [0.29, 0.717) is 11.7 Å². The summed E-state index contributed by atoms with van der Waals surface area (Å²) in [5.41, 5.74) is 2.24. The van der Waals surface area contributed by atoms with Crippen LogP contribution in [0.5, 0.6) is 0 Å². The van der Waals surface area contributed by atoms with Gasteiger partial charge >= 0.3 is 0 Å². The summed E-state index contributed by atoms with van der Waals surface area (Å²) in [6.45, 7) is 2.12. The van der Waals surface area contributed by atoms with Gasteiger partial charge in [0, 0.05) is 5.56 Å². The van der Waals surface area contributed by atoms with Crippen molar-refractivity contribution in [2.75, 3.05) is 0 Å². The zero-order valence-electron chi connectivity index (χ0n) is 10.1. The Hall–Kier alpha value is -2.15. The highest BCUT2D eigenvalue weighted by Gasteiger charge is 2.43. The molecule has 4 heteroatoms. The Balaban J connectivity index is 1.82.